The summed E-state index contributed by atoms with van der Waals surface area (Å²) in [5.41, 5.74) is 0.403. The third-order valence-corrected chi connectivity index (χ3v) is 4.54. The molecule has 6 heteroatoms. The smallest absolute Gasteiger partial charge is 0.254 e. The fourth-order valence-electron chi connectivity index (χ4n) is 3.04. The number of ether oxygens (including phenoxy) is 1. The second-order valence-corrected chi connectivity index (χ2v) is 6.81. The maximum absolute atomic E-state index is 12.6. The summed E-state index contributed by atoms with van der Waals surface area (Å²) in [4.78, 5) is 12.6. The summed E-state index contributed by atoms with van der Waals surface area (Å²) in [6.07, 6.45) is -2.42. The van der Waals surface area contributed by atoms with Gasteiger partial charge < -0.3 is 20.3 Å². The summed E-state index contributed by atoms with van der Waals surface area (Å²) < 4.78 is 5.81. The Morgan fingerprint density at radius 3 is 2.62 bits per heavy atom. The van der Waals surface area contributed by atoms with Crippen LogP contribution in [-0.4, -0.2) is 27.8 Å². The average Bonchev–Trinajstić information content (AvgIpc) is 2.65. The topological polar surface area (TPSA) is 103 Å². The highest BCUT2D eigenvalue weighted by Crippen LogP contribution is 2.40. The van der Waals surface area contributed by atoms with Crippen LogP contribution >= 0.6 is 0 Å². The standard InChI is InChI=1S/C20H20N2O4/c1-20(2)18(24)16(14-10-12(11-21)8-9-15(14)26-20)22-19(25)17(23)13-6-4-3-5-7-13/h3-10,16-18,23-24H,1-2H3,(H,22,25)/t16-,17+,18+/m1/s1. The molecule has 0 spiro atoms. The maximum Gasteiger partial charge on any atom is 0.254 e. The molecule has 3 N–H and O–H groups in total. The largest absolute Gasteiger partial charge is 0.485 e. The minimum atomic E-state index is -1.36. The number of fused-ring (bicyclic) bond motifs is 1. The number of carbonyl (C=O) groups excluding carboxylic acids is 1. The highest BCUT2D eigenvalue weighted by Gasteiger charge is 2.44. The lowest BCUT2D eigenvalue weighted by molar-refractivity contribution is -0.134. The van der Waals surface area contributed by atoms with E-state index in [4.69, 9.17) is 10.00 Å². The minimum Gasteiger partial charge on any atom is -0.485 e. The number of aliphatic hydroxyl groups is 2. The Balaban J connectivity index is 1.93. The lowest BCUT2D eigenvalue weighted by Gasteiger charge is -2.42. The van der Waals surface area contributed by atoms with Crippen LogP contribution in [0.3, 0.4) is 0 Å². The first-order valence-electron chi connectivity index (χ1n) is 8.28. The number of aliphatic hydroxyl groups excluding tert-OH is 2. The molecule has 0 aliphatic carbocycles. The first kappa shape index (κ1) is 17.9. The molecule has 3 rings (SSSR count). The molecule has 26 heavy (non-hydrogen) atoms. The number of amides is 1. The second-order valence-electron chi connectivity index (χ2n) is 6.81. The third kappa shape index (κ3) is 3.27. The van der Waals surface area contributed by atoms with Crippen LogP contribution in [-0.2, 0) is 4.79 Å². The van der Waals surface area contributed by atoms with Gasteiger partial charge in [0.1, 0.15) is 17.5 Å². The van der Waals surface area contributed by atoms with Crippen molar-refractivity contribution in [1.29, 1.82) is 5.26 Å². The average molecular weight is 352 g/mol. The monoisotopic (exact) mass is 352 g/mol. The van der Waals surface area contributed by atoms with Crippen molar-refractivity contribution in [2.75, 3.05) is 0 Å². The molecule has 0 bridgehead atoms. The van der Waals surface area contributed by atoms with Gasteiger partial charge in [0, 0.05) is 5.56 Å². The predicted molar refractivity (Wildman–Crippen MR) is 94.2 cm³/mol. The quantitative estimate of drug-likeness (QED) is 0.784. The molecule has 6 nitrogen and oxygen atoms in total. The van der Waals surface area contributed by atoms with Gasteiger partial charge in [-0.05, 0) is 37.6 Å². The summed E-state index contributed by atoms with van der Waals surface area (Å²) in [5, 5.41) is 32.8. The lowest BCUT2D eigenvalue weighted by atomic mass is 9.85. The highest BCUT2D eigenvalue weighted by atomic mass is 16.5. The summed E-state index contributed by atoms with van der Waals surface area (Å²) in [6, 6.07) is 14.6. The Bertz CT molecular complexity index is 858. The molecule has 0 aromatic heterocycles. The van der Waals surface area contributed by atoms with E-state index < -0.39 is 29.8 Å². The van der Waals surface area contributed by atoms with Crippen LogP contribution in [0, 0.1) is 11.3 Å². The summed E-state index contributed by atoms with van der Waals surface area (Å²) >= 11 is 0. The molecular formula is C20H20N2O4. The van der Waals surface area contributed by atoms with Crippen LogP contribution in [0.5, 0.6) is 5.75 Å². The summed E-state index contributed by atoms with van der Waals surface area (Å²) in [6.45, 7) is 3.43. The number of benzene rings is 2. The number of rotatable bonds is 3. The van der Waals surface area contributed by atoms with Gasteiger partial charge in [0.25, 0.3) is 5.91 Å². The predicted octanol–water partition coefficient (Wildman–Crippen LogP) is 1.98. The Kier molecular flexibility index (Phi) is 4.68. The van der Waals surface area contributed by atoms with Crippen molar-refractivity contribution >= 4 is 5.91 Å². The normalized spacial score (nSPS) is 21.7. The Morgan fingerprint density at radius 1 is 1.27 bits per heavy atom. The Hall–Kier alpha value is -2.88. The fraction of sp³-hybridized carbons (Fsp3) is 0.300. The van der Waals surface area contributed by atoms with Gasteiger partial charge in [-0.15, -0.1) is 0 Å². The number of hydrogen-bond acceptors (Lipinski definition) is 5. The van der Waals surface area contributed by atoms with E-state index >= 15 is 0 Å². The van der Waals surface area contributed by atoms with E-state index in [0.717, 1.165) is 0 Å². The molecule has 0 saturated heterocycles. The molecule has 0 saturated carbocycles. The SMILES string of the molecule is CC1(C)Oc2ccc(C#N)cc2[C@@H](NC(=O)[C@@H](O)c2ccccc2)[C@@H]1O. The van der Waals surface area contributed by atoms with Crippen molar-refractivity contribution in [3.05, 3.63) is 65.2 Å². The molecule has 0 fully saturated rings. The van der Waals surface area contributed by atoms with Gasteiger partial charge in [0.15, 0.2) is 6.10 Å². The third-order valence-electron chi connectivity index (χ3n) is 4.54. The van der Waals surface area contributed by atoms with E-state index in [9.17, 15) is 15.0 Å². The van der Waals surface area contributed by atoms with Crippen LogP contribution in [0.15, 0.2) is 48.5 Å². The van der Waals surface area contributed by atoms with Crippen molar-refractivity contribution in [3.63, 3.8) is 0 Å². The van der Waals surface area contributed by atoms with E-state index in [1.165, 1.54) is 0 Å². The zero-order chi connectivity index (χ0) is 18.9. The van der Waals surface area contributed by atoms with Crippen LogP contribution in [0.25, 0.3) is 0 Å². The van der Waals surface area contributed by atoms with Crippen molar-refractivity contribution in [1.82, 2.24) is 5.32 Å². The van der Waals surface area contributed by atoms with Gasteiger partial charge in [-0.3, -0.25) is 4.79 Å². The first-order valence-corrected chi connectivity index (χ1v) is 8.28. The molecule has 1 aliphatic heterocycles. The molecule has 1 heterocycles. The van der Waals surface area contributed by atoms with Gasteiger partial charge in [-0.25, -0.2) is 0 Å². The molecule has 0 radical (unpaired) electrons. The fourth-order valence-corrected chi connectivity index (χ4v) is 3.04. The molecule has 3 atom stereocenters. The molecule has 2 aromatic rings. The number of carbonyl (C=O) groups is 1. The summed E-state index contributed by atoms with van der Waals surface area (Å²) in [7, 11) is 0. The second kappa shape index (κ2) is 6.79. The first-order chi connectivity index (χ1) is 12.3. The zero-order valence-corrected chi connectivity index (χ0v) is 14.5. The van der Waals surface area contributed by atoms with Gasteiger partial charge in [0.05, 0.1) is 17.7 Å². The summed E-state index contributed by atoms with van der Waals surface area (Å²) in [5.74, 6) is -0.148. The number of nitrogens with one attached hydrogen (secondary N) is 1. The van der Waals surface area contributed by atoms with Crippen LogP contribution < -0.4 is 10.1 Å². The molecule has 0 unspecified atom stereocenters. The van der Waals surface area contributed by atoms with E-state index in [-0.39, 0.29) is 0 Å². The van der Waals surface area contributed by atoms with Crippen LogP contribution in [0.1, 0.15) is 42.7 Å². The molecule has 1 aliphatic rings. The van der Waals surface area contributed by atoms with Crippen LogP contribution in [0.4, 0.5) is 0 Å². The molecule has 134 valence electrons. The molecule has 2 aromatic carbocycles. The van der Waals surface area contributed by atoms with E-state index in [1.54, 1.807) is 62.4 Å². The number of nitrogens with zero attached hydrogens (tertiary/aromatic N) is 1. The Labute approximate surface area is 151 Å². The maximum atomic E-state index is 12.6. The van der Waals surface area contributed by atoms with Gasteiger partial charge >= 0.3 is 0 Å². The highest BCUT2D eigenvalue weighted by molar-refractivity contribution is 5.82. The van der Waals surface area contributed by atoms with Crippen molar-refractivity contribution in [2.45, 2.75) is 37.7 Å². The van der Waals surface area contributed by atoms with Gasteiger partial charge in [0.2, 0.25) is 0 Å². The number of nitriles is 1. The number of hydrogen-bond donors (Lipinski definition) is 3. The Morgan fingerprint density at radius 2 is 1.96 bits per heavy atom. The van der Waals surface area contributed by atoms with Gasteiger partial charge in [-0.1, -0.05) is 30.3 Å². The van der Waals surface area contributed by atoms with E-state index in [0.29, 0.717) is 22.4 Å². The van der Waals surface area contributed by atoms with E-state index in [2.05, 4.69) is 5.32 Å². The van der Waals surface area contributed by atoms with Crippen LogP contribution in [0.2, 0.25) is 0 Å². The van der Waals surface area contributed by atoms with Crippen molar-refractivity contribution in [3.8, 4) is 11.8 Å². The molecular weight excluding hydrogens is 332 g/mol. The van der Waals surface area contributed by atoms with E-state index in [1.807, 2.05) is 6.07 Å². The van der Waals surface area contributed by atoms with Crippen molar-refractivity contribution < 1.29 is 19.7 Å². The zero-order valence-electron chi connectivity index (χ0n) is 14.5. The van der Waals surface area contributed by atoms with Gasteiger partial charge in [-0.2, -0.15) is 5.26 Å². The minimum absolute atomic E-state index is 0.391. The molecule has 1 amide bonds. The lowest BCUT2D eigenvalue weighted by Crippen LogP contribution is -2.54. The van der Waals surface area contributed by atoms with Crippen molar-refractivity contribution in [2.24, 2.45) is 0 Å².